The normalized spacial score (nSPS) is 36.9. The van der Waals surface area contributed by atoms with Crippen molar-refractivity contribution in [1.29, 1.82) is 0 Å². The standard InChI is InChI=1S/C19H36.C10H20.C9H18/c1-15-6-4-5-7-18(12-10-15)19-13-11-16(2)8-9-17(3)14-19;1-9-5-3-7-10(2)8-4-6-9;1-9-7-5-3-2-4-6-8-9/h15-19H,4-14H2,1-3H3;9-10H,3-8H2,1-2H3;9H,2-8H2,1H3. The van der Waals surface area contributed by atoms with Gasteiger partial charge in [-0.25, -0.2) is 0 Å². The Morgan fingerprint density at radius 3 is 1.11 bits per heavy atom. The summed E-state index contributed by atoms with van der Waals surface area (Å²) in [5, 5.41) is 0. The third-order valence-electron chi connectivity index (χ3n) is 11.3. The highest BCUT2D eigenvalue weighted by Gasteiger charge is 2.27. The van der Waals surface area contributed by atoms with Crippen LogP contribution in [0, 0.1) is 47.3 Å². The smallest absolute Gasteiger partial charge is 0.0383 e. The second kappa shape index (κ2) is 20.8. The van der Waals surface area contributed by atoms with E-state index in [4.69, 9.17) is 0 Å². The highest BCUT2D eigenvalue weighted by molar-refractivity contribution is 4.78. The van der Waals surface area contributed by atoms with E-state index in [0.29, 0.717) is 0 Å². The predicted octanol–water partition coefficient (Wildman–Crippen LogP) is 13.4. The van der Waals surface area contributed by atoms with Crippen molar-refractivity contribution < 1.29 is 0 Å². The summed E-state index contributed by atoms with van der Waals surface area (Å²) in [6.45, 7) is 14.7. The molecule has 0 aromatic rings. The molecule has 4 fully saturated rings. The van der Waals surface area contributed by atoms with Crippen LogP contribution in [0.5, 0.6) is 0 Å². The molecule has 0 spiro atoms. The summed E-state index contributed by atoms with van der Waals surface area (Å²) in [7, 11) is 0. The monoisotopic (exact) mass is 531 g/mol. The van der Waals surface area contributed by atoms with E-state index in [-0.39, 0.29) is 0 Å². The molecule has 0 heterocycles. The SMILES string of the molecule is CC1CCCC(C)CCC1.CC1CCCCC(C2CCC(C)CCC(C)C2)CC1.CC1CCCCCCC1. The lowest BCUT2D eigenvalue weighted by atomic mass is 9.71. The minimum absolute atomic E-state index is 0.982. The summed E-state index contributed by atoms with van der Waals surface area (Å²) in [6, 6.07) is 0. The predicted molar refractivity (Wildman–Crippen MR) is 173 cm³/mol. The van der Waals surface area contributed by atoms with E-state index in [1.165, 1.54) is 148 Å². The van der Waals surface area contributed by atoms with Crippen molar-refractivity contribution in [2.45, 2.75) is 196 Å². The third-order valence-corrected chi connectivity index (χ3v) is 11.3. The van der Waals surface area contributed by atoms with Gasteiger partial charge in [-0.15, -0.1) is 0 Å². The molecular formula is C38H74. The maximum Gasteiger partial charge on any atom is -0.0383 e. The van der Waals surface area contributed by atoms with Gasteiger partial charge < -0.3 is 0 Å². The molecule has 0 radical (unpaired) electrons. The molecule has 4 saturated carbocycles. The van der Waals surface area contributed by atoms with Gasteiger partial charge in [-0.3, -0.25) is 0 Å². The van der Waals surface area contributed by atoms with E-state index in [1.807, 2.05) is 0 Å². The lowest BCUT2D eigenvalue weighted by molar-refractivity contribution is 0.172. The van der Waals surface area contributed by atoms with Crippen LogP contribution in [0.3, 0.4) is 0 Å². The van der Waals surface area contributed by atoms with Crippen LogP contribution in [-0.4, -0.2) is 0 Å². The van der Waals surface area contributed by atoms with Gasteiger partial charge in [-0.1, -0.05) is 176 Å². The highest BCUT2D eigenvalue weighted by atomic mass is 14.3. The molecule has 4 aliphatic carbocycles. The van der Waals surface area contributed by atoms with E-state index in [2.05, 4.69) is 41.5 Å². The molecule has 5 atom stereocenters. The second-order valence-electron chi connectivity index (χ2n) is 15.6. The van der Waals surface area contributed by atoms with Crippen molar-refractivity contribution in [3.63, 3.8) is 0 Å². The average molecular weight is 531 g/mol. The average Bonchev–Trinajstić information content (AvgIpc) is 2.84. The summed E-state index contributed by atoms with van der Waals surface area (Å²) in [6.07, 6.45) is 35.9. The molecule has 226 valence electrons. The van der Waals surface area contributed by atoms with Gasteiger partial charge in [-0.2, -0.15) is 0 Å². The molecule has 0 bridgehead atoms. The van der Waals surface area contributed by atoms with Crippen molar-refractivity contribution >= 4 is 0 Å². The molecule has 0 aromatic heterocycles. The Hall–Kier alpha value is 0. The van der Waals surface area contributed by atoms with E-state index < -0.39 is 0 Å². The quantitative estimate of drug-likeness (QED) is 0.316. The van der Waals surface area contributed by atoms with Crippen LogP contribution in [0.1, 0.15) is 196 Å². The van der Waals surface area contributed by atoms with Gasteiger partial charge in [0.25, 0.3) is 0 Å². The highest BCUT2D eigenvalue weighted by Crippen LogP contribution is 2.39. The van der Waals surface area contributed by atoms with Crippen LogP contribution in [0.15, 0.2) is 0 Å². The molecule has 0 N–H and O–H groups in total. The Balaban J connectivity index is 0.000000224. The molecule has 0 aromatic carbocycles. The molecule has 4 aliphatic rings. The lowest BCUT2D eigenvalue weighted by Crippen LogP contribution is -2.22. The minimum atomic E-state index is 0.982. The largest absolute Gasteiger partial charge is 0.0625 e. The number of rotatable bonds is 1. The Bertz CT molecular complexity index is 508. The van der Waals surface area contributed by atoms with Crippen molar-refractivity contribution in [3.8, 4) is 0 Å². The van der Waals surface area contributed by atoms with Gasteiger partial charge in [0.2, 0.25) is 0 Å². The third kappa shape index (κ3) is 16.3. The van der Waals surface area contributed by atoms with Gasteiger partial charge in [0.15, 0.2) is 0 Å². The van der Waals surface area contributed by atoms with Gasteiger partial charge in [-0.05, 0) is 66.6 Å². The fraction of sp³-hybridized carbons (Fsp3) is 1.00. The summed E-state index contributed by atoms with van der Waals surface area (Å²) in [5.74, 6) is 8.12. The van der Waals surface area contributed by atoms with Crippen molar-refractivity contribution in [3.05, 3.63) is 0 Å². The fourth-order valence-corrected chi connectivity index (χ4v) is 8.13. The molecule has 0 heteroatoms. The van der Waals surface area contributed by atoms with E-state index >= 15 is 0 Å². The molecule has 5 unspecified atom stereocenters. The van der Waals surface area contributed by atoms with E-state index in [0.717, 1.165) is 47.3 Å². The van der Waals surface area contributed by atoms with Gasteiger partial charge >= 0.3 is 0 Å². The second-order valence-corrected chi connectivity index (χ2v) is 15.6. The van der Waals surface area contributed by atoms with Crippen LogP contribution in [0.4, 0.5) is 0 Å². The first-order valence-electron chi connectivity index (χ1n) is 18.3. The maximum absolute atomic E-state index is 2.51. The summed E-state index contributed by atoms with van der Waals surface area (Å²) in [5.41, 5.74) is 0. The molecule has 0 amide bonds. The molecule has 0 aliphatic heterocycles. The van der Waals surface area contributed by atoms with Crippen LogP contribution in [-0.2, 0) is 0 Å². The Morgan fingerprint density at radius 2 is 0.553 bits per heavy atom. The Morgan fingerprint density at radius 1 is 0.237 bits per heavy atom. The fourth-order valence-electron chi connectivity index (χ4n) is 8.13. The van der Waals surface area contributed by atoms with Gasteiger partial charge in [0, 0.05) is 0 Å². The first kappa shape index (κ1) is 34.2. The zero-order valence-electron chi connectivity index (χ0n) is 27.6. The molecular weight excluding hydrogens is 456 g/mol. The van der Waals surface area contributed by atoms with Crippen molar-refractivity contribution in [2.75, 3.05) is 0 Å². The minimum Gasteiger partial charge on any atom is -0.0625 e. The molecule has 0 nitrogen and oxygen atoms in total. The van der Waals surface area contributed by atoms with Crippen LogP contribution >= 0.6 is 0 Å². The Labute approximate surface area is 242 Å². The van der Waals surface area contributed by atoms with Crippen LogP contribution < -0.4 is 0 Å². The Kier molecular flexibility index (Phi) is 18.7. The summed E-state index contributed by atoms with van der Waals surface area (Å²) < 4.78 is 0. The topological polar surface area (TPSA) is 0 Å². The van der Waals surface area contributed by atoms with Gasteiger partial charge in [0.1, 0.15) is 0 Å². The molecule has 38 heavy (non-hydrogen) atoms. The molecule has 4 rings (SSSR count). The van der Waals surface area contributed by atoms with E-state index in [1.54, 1.807) is 6.42 Å². The van der Waals surface area contributed by atoms with Crippen molar-refractivity contribution in [1.82, 2.24) is 0 Å². The summed E-state index contributed by atoms with van der Waals surface area (Å²) in [4.78, 5) is 0. The van der Waals surface area contributed by atoms with Crippen molar-refractivity contribution in [2.24, 2.45) is 47.3 Å². The molecule has 0 saturated heterocycles. The number of hydrogen-bond donors (Lipinski definition) is 0. The number of hydrogen-bond acceptors (Lipinski definition) is 0. The first-order valence-corrected chi connectivity index (χ1v) is 18.3. The maximum atomic E-state index is 2.51. The summed E-state index contributed by atoms with van der Waals surface area (Å²) >= 11 is 0. The first-order chi connectivity index (χ1) is 18.3. The zero-order chi connectivity index (χ0) is 27.6. The zero-order valence-corrected chi connectivity index (χ0v) is 27.6. The van der Waals surface area contributed by atoms with E-state index in [9.17, 15) is 0 Å². The van der Waals surface area contributed by atoms with Crippen LogP contribution in [0.25, 0.3) is 0 Å². The van der Waals surface area contributed by atoms with Crippen LogP contribution in [0.2, 0.25) is 0 Å². The lowest BCUT2D eigenvalue weighted by Gasteiger charge is -2.34. The van der Waals surface area contributed by atoms with Gasteiger partial charge in [0.05, 0.1) is 0 Å².